The summed E-state index contributed by atoms with van der Waals surface area (Å²) in [6, 6.07) is 14.4. The molecule has 3 N–H and O–H groups in total. The molecule has 0 saturated carbocycles. The van der Waals surface area contributed by atoms with E-state index in [2.05, 4.69) is 93.0 Å². The summed E-state index contributed by atoms with van der Waals surface area (Å²) in [7, 11) is 15.3. The van der Waals surface area contributed by atoms with Crippen molar-refractivity contribution in [2.75, 3.05) is 23.8 Å². The van der Waals surface area contributed by atoms with Crippen molar-refractivity contribution >= 4 is 95.9 Å². The minimum absolute atomic E-state index is 0.0167. The number of hydrogen-bond donors (Lipinski definition) is 3. The van der Waals surface area contributed by atoms with Crippen LogP contribution in [0.25, 0.3) is 0 Å². The van der Waals surface area contributed by atoms with Crippen LogP contribution in [0.1, 0.15) is 26.3 Å². The topological polar surface area (TPSA) is 108 Å². The van der Waals surface area contributed by atoms with Crippen molar-refractivity contribution in [1.82, 2.24) is 19.6 Å². The molecule has 2 heterocycles. The summed E-state index contributed by atoms with van der Waals surface area (Å²) in [5.41, 5.74) is 1.66. The van der Waals surface area contributed by atoms with Crippen molar-refractivity contribution in [2.45, 2.75) is 59.2 Å². The van der Waals surface area contributed by atoms with Crippen molar-refractivity contribution in [3.8, 4) is 5.75 Å². The van der Waals surface area contributed by atoms with Crippen LogP contribution in [0.5, 0.6) is 5.75 Å². The molecule has 3 aromatic rings. The van der Waals surface area contributed by atoms with E-state index in [0.29, 0.717) is 24.1 Å². The van der Waals surface area contributed by atoms with Crippen LogP contribution in [0.3, 0.4) is 0 Å². The van der Waals surface area contributed by atoms with Crippen molar-refractivity contribution in [1.29, 1.82) is 0 Å². The minimum atomic E-state index is -3.67. The molecule has 1 saturated heterocycles. The van der Waals surface area contributed by atoms with E-state index in [1.165, 1.54) is 0 Å². The summed E-state index contributed by atoms with van der Waals surface area (Å²) in [4.78, 5) is 11.9. The number of ether oxygens (including phenoxy) is 1. The Labute approximate surface area is 276 Å². The maximum absolute atomic E-state index is 12.8. The Balaban J connectivity index is 1.40. The van der Waals surface area contributed by atoms with E-state index in [1.807, 2.05) is 52.0 Å². The van der Waals surface area contributed by atoms with E-state index in [1.54, 1.807) is 30.5 Å². The number of hydrogen-bond acceptors (Lipinski definition) is 8. The Kier molecular flexibility index (Phi) is 9.50. The third-order valence-corrected chi connectivity index (χ3v) is 12.2. The molecule has 18 heteroatoms. The predicted octanol–water partition coefficient (Wildman–Crippen LogP) is -3.35. The Morgan fingerprint density at radius 3 is 2.04 bits per heavy atom. The molecule has 9 nitrogen and oxygen atoms in total. The largest absolute Gasteiger partial charge is 0.492 e. The molecule has 45 heavy (non-hydrogen) atoms. The van der Waals surface area contributed by atoms with Crippen LogP contribution >= 0.6 is 0 Å². The van der Waals surface area contributed by atoms with E-state index in [9.17, 15) is 8.42 Å². The smallest absolute Gasteiger partial charge is 0.241 e. The van der Waals surface area contributed by atoms with E-state index < -0.39 is 15.6 Å². The molecule has 0 bridgehead atoms. The van der Waals surface area contributed by atoms with Gasteiger partial charge in [-0.05, 0) is 80.8 Å². The lowest BCUT2D eigenvalue weighted by Gasteiger charge is -2.47. The molecule has 0 atom stereocenters. The molecule has 230 valence electrons. The lowest BCUT2D eigenvalue weighted by molar-refractivity contribution is 0.181. The monoisotopic (exact) mass is 620 g/mol. The van der Waals surface area contributed by atoms with Crippen molar-refractivity contribution in [3.63, 3.8) is 0 Å². The number of rotatable bonds is 10. The highest BCUT2D eigenvalue weighted by Gasteiger charge is 2.64. The van der Waals surface area contributed by atoms with Gasteiger partial charge in [0.25, 0.3) is 0 Å². The highest BCUT2D eigenvalue weighted by atomic mass is 32.2. The Morgan fingerprint density at radius 1 is 0.867 bits per heavy atom. The maximum atomic E-state index is 12.8. The summed E-state index contributed by atoms with van der Waals surface area (Å²) in [5.74, 6) is 1.79. The van der Waals surface area contributed by atoms with Gasteiger partial charge >= 0.3 is 0 Å². The fourth-order valence-electron chi connectivity index (χ4n) is 6.45. The number of nitrogens with one attached hydrogen (secondary N) is 3. The molecular weight excluding hydrogens is 575 g/mol. The van der Waals surface area contributed by atoms with E-state index in [4.69, 9.17) is 4.74 Å². The van der Waals surface area contributed by atoms with Gasteiger partial charge in [-0.25, -0.2) is 18.1 Å². The Hall–Kier alpha value is -2.69. The van der Waals surface area contributed by atoms with Gasteiger partial charge in [-0.1, -0.05) is 16.5 Å². The number of aromatic nitrogens is 2. The Morgan fingerprint density at radius 2 is 1.47 bits per heavy atom. The molecule has 1 aromatic heterocycles. The molecule has 0 radical (unpaired) electrons. The molecule has 1 fully saturated rings. The second-order valence-corrected chi connectivity index (χ2v) is 16.9. The average Bonchev–Trinajstić information content (AvgIpc) is 2.98. The van der Waals surface area contributed by atoms with E-state index in [-0.39, 0.29) is 26.0 Å². The summed E-state index contributed by atoms with van der Waals surface area (Å²) in [6.07, 6.45) is 1.72. The third kappa shape index (κ3) is 7.03. The first-order valence-electron chi connectivity index (χ1n) is 15.6. The number of benzene rings is 2. The zero-order valence-corrected chi connectivity index (χ0v) is 29.9. The first kappa shape index (κ1) is 35.2. The quantitative estimate of drug-likeness (QED) is 0.202. The van der Waals surface area contributed by atoms with Gasteiger partial charge in [0.2, 0.25) is 16.0 Å². The maximum Gasteiger partial charge on any atom is 0.241 e. The standard InChI is InChI=1S/C27H44B8N6O3S/c1-16-15-36-22(39-21(16)37-18-6-5-7-20(14-18)45(42,43)40-23(2,3)4)38-17-8-10-19(11-9-17)44-13-12-41-26(32,33)24(28,29)25(30,31)27(41,34)35/h5-11,14-15,40H,12-13,28-35H2,1-4H3,(H2,36,37,38,39). The first-order chi connectivity index (χ1) is 20.6. The third-order valence-electron chi connectivity index (χ3n) is 10.5. The normalized spacial score (nSPS) is 18.7. The van der Waals surface area contributed by atoms with Crippen LogP contribution in [-0.2, 0) is 10.0 Å². The zero-order valence-electron chi connectivity index (χ0n) is 29.1. The molecular formula is C27H44B8N6O3S. The van der Waals surface area contributed by atoms with Gasteiger partial charge < -0.3 is 20.3 Å². The summed E-state index contributed by atoms with van der Waals surface area (Å²) in [5, 5.41) is 6.78. The second-order valence-electron chi connectivity index (χ2n) is 15.3. The van der Waals surface area contributed by atoms with E-state index >= 15 is 0 Å². The second kappa shape index (κ2) is 12.2. The predicted molar refractivity (Wildman–Crippen MR) is 208 cm³/mol. The Bertz CT molecular complexity index is 1620. The lowest BCUT2D eigenvalue weighted by Crippen LogP contribution is -2.60. The summed E-state index contributed by atoms with van der Waals surface area (Å²) in [6.45, 7) is 8.75. The molecule has 1 aliphatic rings. The highest BCUT2D eigenvalue weighted by Crippen LogP contribution is 2.63. The molecule has 2 aromatic carbocycles. The molecule has 0 spiro atoms. The number of sulfonamides is 1. The lowest BCUT2D eigenvalue weighted by atomic mass is 9.17. The van der Waals surface area contributed by atoms with Crippen LogP contribution in [0, 0.1) is 6.92 Å². The van der Waals surface area contributed by atoms with Crippen LogP contribution in [0.2, 0.25) is 10.4 Å². The van der Waals surface area contributed by atoms with Gasteiger partial charge in [-0.2, -0.15) is 4.98 Å². The SMILES string of the molecule is BC1(B)N(CCOc2ccc(Nc3ncc(C)c(Nc4cccc(S(=O)(=O)NC(C)(C)C)c4)n3)cc2)C(B)(B)C(B)(B)C1(B)B. The van der Waals surface area contributed by atoms with Crippen LogP contribution in [0.4, 0.5) is 23.1 Å². The highest BCUT2D eigenvalue weighted by molar-refractivity contribution is 7.89. The van der Waals surface area contributed by atoms with Crippen molar-refractivity contribution < 1.29 is 13.2 Å². The van der Waals surface area contributed by atoms with Gasteiger partial charge in [-0.3, -0.25) is 0 Å². The summed E-state index contributed by atoms with van der Waals surface area (Å²) < 4.78 is 34.6. The molecule has 4 rings (SSSR count). The first-order valence-corrected chi connectivity index (χ1v) is 17.1. The molecule has 1 aliphatic heterocycles. The van der Waals surface area contributed by atoms with Crippen LogP contribution in [-0.4, -0.2) is 115 Å². The zero-order chi connectivity index (χ0) is 33.6. The van der Waals surface area contributed by atoms with Crippen LogP contribution < -0.4 is 20.1 Å². The van der Waals surface area contributed by atoms with Crippen molar-refractivity contribution in [2.24, 2.45) is 0 Å². The van der Waals surface area contributed by atoms with Gasteiger partial charge in [0.1, 0.15) is 49.6 Å². The number of nitrogens with zero attached hydrogens (tertiary/aromatic N) is 3. The minimum Gasteiger partial charge on any atom is -0.492 e. The fourth-order valence-corrected chi connectivity index (χ4v) is 7.91. The number of aryl methyl sites for hydroxylation is 1. The van der Waals surface area contributed by atoms with Gasteiger partial charge in [0, 0.05) is 35.2 Å². The van der Waals surface area contributed by atoms with Crippen molar-refractivity contribution in [3.05, 3.63) is 60.3 Å². The summed E-state index contributed by atoms with van der Waals surface area (Å²) >= 11 is 0. The molecule has 0 unspecified atom stereocenters. The average molecular weight is 619 g/mol. The number of anilines is 4. The molecule has 0 amide bonds. The van der Waals surface area contributed by atoms with Crippen LogP contribution in [0.15, 0.2) is 59.6 Å². The number of likely N-dealkylation sites (tertiary alicyclic amines) is 1. The molecule has 0 aliphatic carbocycles. The van der Waals surface area contributed by atoms with Gasteiger partial charge in [0.15, 0.2) is 0 Å². The van der Waals surface area contributed by atoms with Gasteiger partial charge in [0.05, 0.1) is 36.3 Å². The van der Waals surface area contributed by atoms with E-state index in [0.717, 1.165) is 23.5 Å². The van der Waals surface area contributed by atoms with Gasteiger partial charge in [-0.15, -0.1) is 0 Å². The fraction of sp³-hybridized carbons (Fsp3) is 0.407.